The lowest BCUT2D eigenvalue weighted by molar-refractivity contribution is -0.137. The zero-order chi connectivity index (χ0) is 27.3. The highest BCUT2D eigenvalue weighted by molar-refractivity contribution is 6.74. The first-order chi connectivity index (χ1) is 16.4. The summed E-state index contributed by atoms with van der Waals surface area (Å²) < 4.78 is 22.0. The first kappa shape index (κ1) is 28.7. The minimum absolute atomic E-state index is 0.0881. The maximum absolute atomic E-state index is 13.3. The molecule has 3 rings (SSSR count). The van der Waals surface area contributed by atoms with E-state index < -0.39 is 41.2 Å². The molecule has 3 heterocycles. The number of aromatic amines is 1. The number of nitrogens with one attached hydrogen (secondary N) is 2. The van der Waals surface area contributed by atoms with Crippen molar-refractivity contribution < 1.29 is 18.4 Å². The lowest BCUT2D eigenvalue weighted by atomic mass is 10.1. The molecule has 0 radical (unpaired) electrons. The Morgan fingerprint density at radius 2 is 1.61 bits per heavy atom. The summed E-state index contributed by atoms with van der Waals surface area (Å²) in [6.45, 7) is 24.0. The second-order valence-corrected chi connectivity index (χ2v) is 22.1. The van der Waals surface area contributed by atoms with Crippen LogP contribution in [0.3, 0.4) is 0 Å². The highest BCUT2D eigenvalue weighted by atomic mass is 28.4. The molecule has 0 aliphatic carbocycles. The maximum atomic E-state index is 13.3. The summed E-state index contributed by atoms with van der Waals surface area (Å²) in [5.41, 5.74) is 0.235. The number of nitrogens with zero attached hydrogens (tertiary/aromatic N) is 3. The van der Waals surface area contributed by atoms with Crippen LogP contribution in [0.2, 0.25) is 36.3 Å². The van der Waals surface area contributed by atoms with E-state index in [4.69, 9.17) is 13.6 Å². The van der Waals surface area contributed by atoms with Gasteiger partial charge >= 0.3 is 0 Å². The third kappa shape index (κ3) is 5.37. The zero-order valence-electron chi connectivity index (χ0n) is 23.6. The SMILES string of the molecule is CCNC(=O)C1OC(n2cnc3c(=O)[nH]cnc32)C(O[Si](C)(C)C(C)(C)C)C1O[Si](C)(C)C(C)(C)C. The van der Waals surface area contributed by atoms with E-state index in [1.165, 1.54) is 12.7 Å². The Morgan fingerprint density at radius 1 is 1.06 bits per heavy atom. The van der Waals surface area contributed by atoms with Crippen LogP contribution < -0.4 is 10.9 Å². The summed E-state index contributed by atoms with van der Waals surface area (Å²) in [4.78, 5) is 36.8. The van der Waals surface area contributed by atoms with Crippen molar-refractivity contribution in [2.75, 3.05) is 6.54 Å². The first-order valence-corrected chi connectivity index (χ1v) is 18.4. The minimum Gasteiger partial charge on any atom is -0.408 e. The maximum Gasteiger partial charge on any atom is 0.278 e. The van der Waals surface area contributed by atoms with Crippen LogP contribution in [-0.4, -0.2) is 66.9 Å². The van der Waals surface area contributed by atoms with Gasteiger partial charge in [-0.25, -0.2) is 9.97 Å². The van der Waals surface area contributed by atoms with Gasteiger partial charge in [0, 0.05) is 6.54 Å². The van der Waals surface area contributed by atoms with Crippen molar-refractivity contribution >= 4 is 33.7 Å². The largest absolute Gasteiger partial charge is 0.408 e. The average Bonchev–Trinajstić information content (AvgIpc) is 3.29. The lowest BCUT2D eigenvalue weighted by Gasteiger charge is -2.44. The topological polar surface area (TPSA) is 120 Å². The molecule has 10 nitrogen and oxygen atoms in total. The van der Waals surface area contributed by atoms with Gasteiger partial charge in [-0.2, -0.15) is 0 Å². The van der Waals surface area contributed by atoms with Crippen molar-refractivity contribution in [1.82, 2.24) is 24.8 Å². The van der Waals surface area contributed by atoms with Crippen LogP contribution in [0.25, 0.3) is 11.2 Å². The lowest BCUT2D eigenvalue weighted by Crippen LogP contribution is -2.55. The average molecular weight is 538 g/mol. The molecule has 1 fully saturated rings. The smallest absolute Gasteiger partial charge is 0.278 e. The third-order valence-corrected chi connectivity index (χ3v) is 16.9. The summed E-state index contributed by atoms with van der Waals surface area (Å²) in [7, 11) is -4.69. The van der Waals surface area contributed by atoms with Crippen LogP contribution in [-0.2, 0) is 18.4 Å². The summed E-state index contributed by atoms with van der Waals surface area (Å²) in [5.74, 6) is -0.247. The molecule has 36 heavy (non-hydrogen) atoms. The standard InChI is InChI=1S/C24H43N5O5Si2/c1-12-25-21(31)17-16(33-35(8,9)23(2,3)4)18(34-36(10,11)24(5,6)7)22(32-17)29-14-28-15-19(29)26-13-27-20(15)30/h13-14,16-18,22H,12H2,1-11H3,(H,25,31)(H,26,27,30). The molecule has 1 saturated heterocycles. The molecule has 2 N–H and O–H groups in total. The van der Waals surface area contributed by atoms with E-state index in [-0.39, 0.29) is 27.1 Å². The van der Waals surface area contributed by atoms with Crippen LogP contribution >= 0.6 is 0 Å². The van der Waals surface area contributed by atoms with Gasteiger partial charge in [0.15, 0.2) is 40.1 Å². The zero-order valence-corrected chi connectivity index (χ0v) is 25.6. The van der Waals surface area contributed by atoms with Crippen LogP contribution in [0.1, 0.15) is 54.7 Å². The van der Waals surface area contributed by atoms with Crippen molar-refractivity contribution in [1.29, 1.82) is 0 Å². The van der Waals surface area contributed by atoms with E-state index in [0.717, 1.165) is 0 Å². The fourth-order valence-corrected chi connectivity index (χ4v) is 6.26. The Balaban J connectivity index is 2.18. The van der Waals surface area contributed by atoms with E-state index in [0.29, 0.717) is 12.2 Å². The molecular formula is C24H43N5O5Si2. The molecule has 12 heteroatoms. The van der Waals surface area contributed by atoms with Crippen molar-refractivity contribution in [3.05, 3.63) is 23.0 Å². The van der Waals surface area contributed by atoms with Crippen LogP contribution in [0.4, 0.5) is 0 Å². The van der Waals surface area contributed by atoms with Crippen molar-refractivity contribution in [3.8, 4) is 0 Å². The Labute approximate surface area is 215 Å². The second kappa shape index (κ2) is 9.78. The second-order valence-electron chi connectivity index (χ2n) is 12.6. The first-order valence-electron chi connectivity index (χ1n) is 12.6. The van der Waals surface area contributed by atoms with E-state index in [1.807, 2.05) is 6.92 Å². The van der Waals surface area contributed by atoms with E-state index >= 15 is 0 Å². The van der Waals surface area contributed by atoms with Gasteiger partial charge in [0.05, 0.1) is 12.7 Å². The number of fused-ring (bicyclic) bond motifs is 1. The normalized spacial score (nSPS) is 23.9. The summed E-state index contributed by atoms with van der Waals surface area (Å²) in [5, 5.41) is 2.72. The molecule has 4 atom stereocenters. The van der Waals surface area contributed by atoms with Gasteiger partial charge in [0.1, 0.15) is 12.2 Å². The van der Waals surface area contributed by atoms with Crippen LogP contribution in [0.15, 0.2) is 17.4 Å². The Bertz CT molecular complexity index is 1150. The van der Waals surface area contributed by atoms with Crippen LogP contribution in [0.5, 0.6) is 0 Å². The molecule has 0 saturated carbocycles. The van der Waals surface area contributed by atoms with Gasteiger partial charge < -0.3 is 23.9 Å². The quantitative estimate of drug-likeness (QED) is 0.513. The number of rotatable bonds is 7. The van der Waals surface area contributed by atoms with Gasteiger partial charge in [-0.15, -0.1) is 0 Å². The predicted molar refractivity (Wildman–Crippen MR) is 145 cm³/mol. The third-order valence-electron chi connectivity index (χ3n) is 7.91. The molecule has 0 aromatic carbocycles. The van der Waals surface area contributed by atoms with E-state index in [2.05, 4.69) is 88.0 Å². The number of amides is 1. The molecular weight excluding hydrogens is 494 g/mol. The van der Waals surface area contributed by atoms with Gasteiger partial charge in [0.25, 0.3) is 11.5 Å². The van der Waals surface area contributed by atoms with Gasteiger partial charge in [-0.1, -0.05) is 41.5 Å². The molecule has 1 aliphatic heterocycles. The molecule has 202 valence electrons. The number of carbonyl (C=O) groups is 1. The number of ether oxygens (including phenoxy) is 1. The molecule has 1 amide bonds. The van der Waals surface area contributed by atoms with Gasteiger partial charge in [-0.05, 0) is 43.2 Å². The van der Waals surface area contributed by atoms with E-state index in [1.54, 1.807) is 4.57 Å². The molecule has 1 aliphatic rings. The number of imidazole rings is 1. The Hall–Kier alpha value is -1.87. The highest BCUT2D eigenvalue weighted by Crippen LogP contribution is 2.46. The number of aromatic nitrogens is 4. The number of H-pyrrole nitrogens is 1. The minimum atomic E-state index is -2.35. The summed E-state index contributed by atoms with van der Waals surface area (Å²) in [6, 6.07) is 0. The molecule has 0 spiro atoms. The Morgan fingerprint density at radius 3 is 2.14 bits per heavy atom. The van der Waals surface area contributed by atoms with Gasteiger partial charge in [-0.3, -0.25) is 14.2 Å². The monoisotopic (exact) mass is 537 g/mol. The number of likely N-dealkylation sites (N-methyl/N-ethyl adjacent to an activating group) is 1. The van der Waals surface area contributed by atoms with Crippen molar-refractivity contribution in [3.63, 3.8) is 0 Å². The highest BCUT2D eigenvalue weighted by Gasteiger charge is 2.56. The van der Waals surface area contributed by atoms with Crippen LogP contribution in [0, 0.1) is 0 Å². The van der Waals surface area contributed by atoms with E-state index in [9.17, 15) is 9.59 Å². The molecule has 0 bridgehead atoms. The fraction of sp³-hybridized carbons (Fsp3) is 0.750. The fourth-order valence-electron chi connectivity index (χ4n) is 3.69. The summed E-state index contributed by atoms with van der Waals surface area (Å²) in [6.07, 6.45) is -0.0173. The van der Waals surface area contributed by atoms with Crippen molar-refractivity contribution in [2.45, 2.75) is 109 Å². The van der Waals surface area contributed by atoms with Gasteiger partial charge in [0.2, 0.25) is 0 Å². The summed E-state index contributed by atoms with van der Waals surface area (Å²) >= 11 is 0. The van der Waals surface area contributed by atoms with Crippen molar-refractivity contribution in [2.24, 2.45) is 0 Å². The number of hydrogen-bond donors (Lipinski definition) is 2. The predicted octanol–water partition coefficient (Wildman–Crippen LogP) is 3.93. The molecule has 4 unspecified atom stereocenters. The Kier molecular flexibility index (Phi) is 7.80. The molecule has 2 aromatic rings. The number of hydrogen-bond acceptors (Lipinski definition) is 7. The molecule has 2 aromatic heterocycles. The number of carbonyl (C=O) groups excluding carboxylic acids is 1.